The molecule has 2 heterocycles. The molecule has 0 spiro atoms. The molecule has 16 heavy (non-hydrogen) atoms. The molecule has 2 aliphatic rings. The highest BCUT2D eigenvalue weighted by atomic mass is 16.5. The van der Waals surface area contributed by atoms with Gasteiger partial charge >= 0.3 is 5.97 Å². The molecule has 0 radical (unpaired) electrons. The van der Waals surface area contributed by atoms with Gasteiger partial charge in [-0.15, -0.1) is 0 Å². The molecule has 2 atom stereocenters. The van der Waals surface area contributed by atoms with Gasteiger partial charge in [0, 0.05) is 13.0 Å². The summed E-state index contributed by atoms with van der Waals surface area (Å²) in [5.41, 5.74) is -0.475. The largest absolute Gasteiger partial charge is 0.468 e. The number of carbonyl (C=O) groups excluding carboxylic acids is 1. The average molecular weight is 227 g/mol. The summed E-state index contributed by atoms with van der Waals surface area (Å²) in [5.74, 6) is -0.126. The Morgan fingerprint density at radius 3 is 2.94 bits per heavy atom. The van der Waals surface area contributed by atoms with Crippen LogP contribution in [0, 0.1) is 0 Å². The quantitative estimate of drug-likeness (QED) is 0.737. The van der Waals surface area contributed by atoms with Gasteiger partial charge in [-0.1, -0.05) is 0 Å². The summed E-state index contributed by atoms with van der Waals surface area (Å²) >= 11 is 0. The normalized spacial score (nSPS) is 34.9. The predicted molar refractivity (Wildman–Crippen MR) is 60.2 cm³/mol. The van der Waals surface area contributed by atoms with E-state index in [1.165, 1.54) is 13.5 Å². The van der Waals surface area contributed by atoms with Gasteiger partial charge in [0.25, 0.3) is 0 Å². The van der Waals surface area contributed by atoms with Crippen LogP contribution in [0.1, 0.15) is 38.5 Å². The summed E-state index contributed by atoms with van der Waals surface area (Å²) in [6, 6.07) is 0. The van der Waals surface area contributed by atoms with Gasteiger partial charge in [-0.2, -0.15) is 0 Å². The van der Waals surface area contributed by atoms with Crippen molar-refractivity contribution >= 4 is 5.97 Å². The third-order valence-corrected chi connectivity index (χ3v) is 3.67. The Bertz CT molecular complexity index is 243. The van der Waals surface area contributed by atoms with E-state index in [0.717, 1.165) is 45.3 Å². The first-order valence-electron chi connectivity index (χ1n) is 6.22. The third kappa shape index (κ3) is 2.38. The van der Waals surface area contributed by atoms with Crippen molar-refractivity contribution in [1.29, 1.82) is 0 Å². The Morgan fingerprint density at radius 2 is 2.38 bits per heavy atom. The smallest absolute Gasteiger partial charge is 0.326 e. The van der Waals surface area contributed by atoms with Crippen LogP contribution >= 0.6 is 0 Å². The van der Waals surface area contributed by atoms with Crippen molar-refractivity contribution in [3.8, 4) is 0 Å². The Hall–Kier alpha value is -0.610. The van der Waals surface area contributed by atoms with Gasteiger partial charge in [-0.25, -0.2) is 0 Å². The van der Waals surface area contributed by atoms with Gasteiger partial charge in [-0.05, 0) is 38.6 Å². The van der Waals surface area contributed by atoms with Crippen LogP contribution in [0.25, 0.3) is 0 Å². The summed E-state index contributed by atoms with van der Waals surface area (Å²) in [6.07, 6.45) is 6.33. The zero-order valence-corrected chi connectivity index (χ0v) is 9.96. The minimum absolute atomic E-state index is 0.126. The lowest BCUT2D eigenvalue weighted by atomic mass is 9.88. The van der Waals surface area contributed by atoms with Crippen molar-refractivity contribution in [2.45, 2.75) is 50.2 Å². The first kappa shape index (κ1) is 11.9. The Labute approximate surface area is 96.7 Å². The molecule has 0 aromatic rings. The molecule has 92 valence electrons. The van der Waals surface area contributed by atoms with E-state index in [9.17, 15) is 4.79 Å². The molecule has 4 heteroatoms. The SMILES string of the molecule is COC(=O)C1(CC2CCCCO2)CCCN1. The van der Waals surface area contributed by atoms with E-state index in [-0.39, 0.29) is 12.1 Å². The molecule has 0 amide bonds. The van der Waals surface area contributed by atoms with E-state index in [1.54, 1.807) is 0 Å². The van der Waals surface area contributed by atoms with Crippen molar-refractivity contribution < 1.29 is 14.3 Å². The molecule has 4 nitrogen and oxygen atoms in total. The topological polar surface area (TPSA) is 47.6 Å². The van der Waals surface area contributed by atoms with Gasteiger partial charge < -0.3 is 14.8 Å². The molecule has 1 N–H and O–H groups in total. The van der Waals surface area contributed by atoms with Crippen LogP contribution in [-0.2, 0) is 14.3 Å². The Kier molecular flexibility index (Phi) is 3.82. The third-order valence-electron chi connectivity index (χ3n) is 3.67. The van der Waals surface area contributed by atoms with Crippen LogP contribution < -0.4 is 5.32 Å². The highest BCUT2D eigenvalue weighted by molar-refractivity contribution is 5.81. The monoisotopic (exact) mass is 227 g/mol. The van der Waals surface area contributed by atoms with Crippen molar-refractivity contribution in [1.82, 2.24) is 5.32 Å². The number of methoxy groups -OCH3 is 1. The van der Waals surface area contributed by atoms with Crippen LogP contribution in [0.3, 0.4) is 0 Å². The number of ether oxygens (including phenoxy) is 2. The molecule has 2 rings (SSSR count). The van der Waals surface area contributed by atoms with Crippen molar-refractivity contribution in [2.75, 3.05) is 20.3 Å². The summed E-state index contributed by atoms with van der Waals surface area (Å²) in [6.45, 7) is 1.74. The van der Waals surface area contributed by atoms with Crippen LogP contribution in [0.4, 0.5) is 0 Å². The van der Waals surface area contributed by atoms with Crippen LogP contribution in [0.15, 0.2) is 0 Å². The highest BCUT2D eigenvalue weighted by Crippen LogP contribution is 2.30. The standard InChI is InChI=1S/C12H21NO3/c1-15-11(14)12(6-4-7-13-12)9-10-5-2-3-8-16-10/h10,13H,2-9H2,1H3. The number of carbonyl (C=O) groups is 1. The summed E-state index contributed by atoms with van der Waals surface area (Å²) in [4.78, 5) is 11.9. The molecular formula is C12H21NO3. The van der Waals surface area contributed by atoms with E-state index in [1.807, 2.05) is 0 Å². The highest BCUT2D eigenvalue weighted by Gasteiger charge is 2.44. The summed E-state index contributed by atoms with van der Waals surface area (Å²) in [7, 11) is 1.46. The predicted octanol–water partition coefficient (Wildman–Crippen LogP) is 1.24. The zero-order chi connectivity index (χ0) is 11.4. The first-order valence-corrected chi connectivity index (χ1v) is 6.22. The molecular weight excluding hydrogens is 206 g/mol. The summed E-state index contributed by atoms with van der Waals surface area (Å²) in [5, 5.41) is 3.31. The van der Waals surface area contributed by atoms with Gasteiger partial charge in [0.05, 0.1) is 13.2 Å². The van der Waals surface area contributed by atoms with Gasteiger partial charge in [0.2, 0.25) is 0 Å². The lowest BCUT2D eigenvalue weighted by Crippen LogP contribution is -2.51. The van der Waals surface area contributed by atoms with Gasteiger partial charge in [0.1, 0.15) is 5.54 Å². The van der Waals surface area contributed by atoms with E-state index in [4.69, 9.17) is 9.47 Å². The van der Waals surface area contributed by atoms with Crippen molar-refractivity contribution in [3.05, 3.63) is 0 Å². The molecule has 0 saturated carbocycles. The van der Waals surface area contributed by atoms with E-state index in [0.29, 0.717) is 0 Å². The van der Waals surface area contributed by atoms with Crippen molar-refractivity contribution in [3.63, 3.8) is 0 Å². The molecule has 0 aliphatic carbocycles. The Morgan fingerprint density at radius 1 is 1.50 bits per heavy atom. The second-order valence-corrected chi connectivity index (χ2v) is 4.80. The van der Waals surface area contributed by atoms with Gasteiger partial charge in [0.15, 0.2) is 0 Å². The second kappa shape index (κ2) is 5.15. The molecule has 2 saturated heterocycles. The number of esters is 1. The minimum atomic E-state index is -0.475. The molecule has 0 bridgehead atoms. The number of rotatable bonds is 3. The molecule has 0 aromatic carbocycles. The summed E-state index contributed by atoms with van der Waals surface area (Å²) < 4.78 is 10.6. The maximum absolute atomic E-state index is 11.9. The van der Waals surface area contributed by atoms with Crippen molar-refractivity contribution in [2.24, 2.45) is 0 Å². The van der Waals surface area contributed by atoms with Crippen LogP contribution in [-0.4, -0.2) is 37.9 Å². The van der Waals surface area contributed by atoms with Crippen LogP contribution in [0.5, 0.6) is 0 Å². The minimum Gasteiger partial charge on any atom is -0.468 e. The lowest BCUT2D eigenvalue weighted by Gasteiger charge is -2.32. The fourth-order valence-corrected chi connectivity index (χ4v) is 2.79. The first-order chi connectivity index (χ1) is 7.77. The molecule has 0 aromatic heterocycles. The molecule has 2 fully saturated rings. The van der Waals surface area contributed by atoms with E-state index >= 15 is 0 Å². The molecule has 2 aliphatic heterocycles. The number of nitrogens with one attached hydrogen (secondary N) is 1. The Balaban J connectivity index is 1.98. The lowest BCUT2D eigenvalue weighted by molar-refractivity contribution is -0.150. The maximum atomic E-state index is 11.9. The maximum Gasteiger partial charge on any atom is 0.326 e. The van der Waals surface area contributed by atoms with Gasteiger partial charge in [-0.3, -0.25) is 4.79 Å². The average Bonchev–Trinajstić information content (AvgIpc) is 2.79. The fourth-order valence-electron chi connectivity index (χ4n) is 2.79. The second-order valence-electron chi connectivity index (χ2n) is 4.80. The number of hydrogen-bond donors (Lipinski definition) is 1. The van der Waals surface area contributed by atoms with E-state index in [2.05, 4.69) is 5.32 Å². The molecule has 2 unspecified atom stereocenters. The number of hydrogen-bond acceptors (Lipinski definition) is 4. The fraction of sp³-hybridized carbons (Fsp3) is 0.917. The van der Waals surface area contributed by atoms with E-state index < -0.39 is 5.54 Å². The van der Waals surface area contributed by atoms with Crippen LogP contribution in [0.2, 0.25) is 0 Å². The zero-order valence-electron chi connectivity index (χ0n) is 9.96.